The molecule has 3 rings (SSSR count). The van der Waals surface area contributed by atoms with E-state index in [1.165, 1.54) is 13.4 Å². The molecule has 1 aliphatic rings. The fraction of sp³-hybridized carbons (Fsp3) is 0.375. The summed E-state index contributed by atoms with van der Waals surface area (Å²) in [6, 6.07) is 5.27. The van der Waals surface area contributed by atoms with Crippen molar-refractivity contribution in [2.75, 3.05) is 32.8 Å². The number of benzene rings is 1. The van der Waals surface area contributed by atoms with Crippen molar-refractivity contribution in [1.29, 1.82) is 0 Å². The maximum Gasteiger partial charge on any atom is 0.231 e. The van der Waals surface area contributed by atoms with E-state index in [2.05, 4.69) is 15.3 Å². The van der Waals surface area contributed by atoms with E-state index in [1.807, 2.05) is 0 Å². The van der Waals surface area contributed by atoms with Gasteiger partial charge in [0.1, 0.15) is 30.6 Å². The summed E-state index contributed by atoms with van der Waals surface area (Å²) in [6.07, 6.45) is 0.633. The average molecular weight is 348 g/mol. The van der Waals surface area contributed by atoms with Gasteiger partial charge in [-0.15, -0.1) is 0 Å². The Morgan fingerprint density at radius 3 is 3.00 bits per heavy atom. The van der Waals surface area contributed by atoms with Crippen LogP contribution in [0, 0.1) is 0 Å². The molecule has 0 spiro atoms. The fourth-order valence-corrected chi connectivity index (χ4v) is 2.33. The second-order valence-electron chi connectivity index (χ2n) is 5.36. The van der Waals surface area contributed by atoms with Crippen molar-refractivity contribution in [3.63, 3.8) is 0 Å². The van der Waals surface area contributed by atoms with Gasteiger partial charge >= 0.3 is 0 Å². The van der Waals surface area contributed by atoms with E-state index in [-0.39, 0.29) is 13.4 Å². The lowest BCUT2D eigenvalue weighted by molar-refractivity contribution is 0.106. The Hall–Kier alpha value is -2.78. The molecule has 9 nitrogen and oxygen atoms in total. The molecular weight excluding hydrogens is 328 g/mol. The second-order valence-corrected chi connectivity index (χ2v) is 5.36. The highest BCUT2D eigenvalue weighted by atomic mass is 16.7. The maximum atomic E-state index is 10.0. The summed E-state index contributed by atoms with van der Waals surface area (Å²) in [5, 5.41) is 13.1. The topological polar surface area (TPSA) is 121 Å². The molecule has 25 heavy (non-hydrogen) atoms. The number of aliphatic hydroxyl groups excluding tert-OH is 1. The zero-order valence-corrected chi connectivity index (χ0v) is 13.8. The quantitative estimate of drug-likeness (QED) is 0.619. The van der Waals surface area contributed by atoms with E-state index in [0.29, 0.717) is 47.6 Å². The molecule has 0 bridgehead atoms. The summed E-state index contributed by atoms with van der Waals surface area (Å²) in [7, 11) is 1.51. The first-order valence-corrected chi connectivity index (χ1v) is 7.72. The van der Waals surface area contributed by atoms with Crippen molar-refractivity contribution in [2.24, 2.45) is 0 Å². The minimum atomic E-state index is -0.706. The molecule has 0 saturated carbocycles. The summed E-state index contributed by atoms with van der Waals surface area (Å²) >= 11 is 0. The minimum Gasteiger partial charge on any atom is -0.491 e. The number of rotatable bonds is 8. The molecular formula is C16H20N4O5. The lowest BCUT2D eigenvalue weighted by Gasteiger charge is -2.14. The predicted octanol–water partition coefficient (Wildman–Crippen LogP) is 0.326. The van der Waals surface area contributed by atoms with Crippen LogP contribution in [0.1, 0.15) is 5.56 Å². The monoisotopic (exact) mass is 348 g/mol. The molecule has 2 aromatic rings. The molecule has 9 heteroatoms. The van der Waals surface area contributed by atoms with Gasteiger partial charge in [0.05, 0.1) is 12.7 Å². The predicted molar refractivity (Wildman–Crippen MR) is 88.8 cm³/mol. The van der Waals surface area contributed by atoms with Crippen LogP contribution >= 0.6 is 0 Å². The molecule has 0 saturated heterocycles. The summed E-state index contributed by atoms with van der Waals surface area (Å²) in [5.74, 6) is 2.67. The maximum absolute atomic E-state index is 10.0. The number of methoxy groups -OCH3 is 1. The number of anilines is 1. The van der Waals surface area contributed by atoms with Crippen LogP contribution in [0.15, 0.2) is 24.5 Å². The zero-order chi connectivity index (χ0) is 17.6. The number of aromatic nitrogens is 2. The Morgan fingerprint density at radius 1 is 1.32 bits per heavy atom. The van der Waals surface area contributed by atoms with Gasteiger partial charge in [0.25, 0.3) is 0 Å². The molecule has 1 aliphatic heterocycles. The lowest BCUT2D eigenvalue weighted by atomic mass is 10.2. The van der Waals surface area contributed by atoms with Gasteiger partial charge in [-0.25, -0.2) is 9.97 Å². The summed E-state index contributed by atoms with van der Waals surface area (Å²) < 4.78 is 21.2. The van der Waals surface area contributed by atoms with Gasteiger partial charge in [0.2, 0.25) is 12.7 Å². The third-order valence-electron chi connectivity index (χ3n) is 3.60. The van der Waals surface area contributed by atoms with Crippen molar-refractivity contribution in [1.82, 2.24) is 15.3 Å². The molecule has 1 aromatic carbocycles. The van der Waals surface area contributed by atoms with Crippen LogP contribution in [0.25, 0.3) is 0 Å². The molecule has 1 atom stereocenters. The van der Waals surface area contributed by atoms with E-state index in [0.717, 1.165) is 0 Å². The number of aliphatic hydroxyl groups is 1. The Kier molecular flexibility index (Phi) is 5.36. The normalized spacial score (nSPS) is 13.5. The summed E-state index contributed by atoms with van der Waals surface area (Å²) in [5.41, 5.74) is 6.46. The van der Waals surface area contributed by atoms with Crippen LogP contribution in [0.5, 0.6) is 23.1 Å². The van der Waals surface area contributed by atoms with Crippen molar-refractivity contribution in [3.8, 4) is 23.1 Å². The highest BCUT2D eigenvalue weighted by Gasteiger charge is 2.15. The zero-order valence-electron chi connectivity index (χ0n) is 13.8. The number of nitrogens with two attached hydrogens (primary N) is 1. The van der Waals surface area contributed by atoms with Crippen molar-refractivity contribution in [3.05, 3.63) is 30.1 Å². The Labute approximate surface area is 144 Å². The second kappa shape index (κ2) is 7.86. The smallest absolute Gasteiger partial charge is 0.231 e. The molecule has 0 unspecified atom stereocenters. The standard InChI is InChI=1S/C16H20N4O5/c1-22-16-12(15(17)19-8-20-16)6-18-5-10(21)7-23-11-2-3-13-14(4-11)25-9-24-13/h2-4,8,10,18,21H,5-7,9H2,1H3,(H2,17,19,20)/t10-/m1/s1. The molecule has 0 fully saturated rings. The molecule has 0 radical (unpaired) electrons. The summed E-state index contributed by atoms with van der Waals surface area (Å²) in [6.45, 7) is 1.02. The van der Waals surface area contributed by atoms with E-state index in [4.69, 9.17) is 24.7 Å². The number of ether oxygens (including phenoxy) is 4. The van der Waals surface area contributed by atoms with Gasteiger partial charge < -0.3 is 35.1 Å². The van der Waals surface area contributed by atoms with Crippen LogP contribution in [0.4, 0.5) is 5.82 Å². The lowest BCUT2D eigenvalue weighted by Crippen LogP contribution is -2.31. The van der Waals surface area contributed by atoms with Crippen molar-refractivity contribution >= 4 is 5.82 Å². The number of nitrogens with one attached hydrogen (secondary N) is 1. The van der Waals surface area contributed by atoms with Gasteiger partial charge in [0.15, 0.2) is 11.5 Å². The molecule has 134 valence electrons. The first kappa shape index (κ1) is 17.1. The number of fused-ring (bicyclic) bond motifs is 1. The fourth-order valence-electron chi connectivity index (χ4n) is 2.33. The number of hydrogen-bond acceptors (Lipinski definition) is 9. The van der Waals surface area contributed by atoms with Crippen molar-refractivity contribution < 1.29 is 24.1 Å². The third kappa shape index (κ3) is 4.20. The van der Waals surface area contributed by atoms with Crippen LogP contribution in [0.2, 0.25) is 0 Å². The molecule has 0 amide bonds. The first-order valence-electron chi connectivity index (χ1n) is 7.72. The van der Waals surface area contributed by atoms with Gasteiger partial charge in [-0.2, -0.15) is 0 Å². The van der Waals surface area contributed by atoms with Crippen molar-refractivity contribution in [2.45, 2.75) is 12.6 Å². The van der Waals surface area contributed by atoms with E-state index in [9.17, 15) is 5.11 Å². The highest BCUT2D eigenvalue weighted by molar-refractivity contribution is 5.47. The summed E-state index contributed by atoms with van der Waals surface area (Å²) in [4.78, 5) is 7.93. The third-order valence-corrected chi connectivity index (χ3v) is 3.60. The first-order chi connectivity index (χ1) is 12.2. The highest BCUT2D eigenvalue weighted by Crippen LogP contribution is 2.35. The van der Waals surface area contributed by atoms with Crippen LogP contribution < -0.4 is 30.0 Å². The molecule has 0 aliphatic carbocycles. The van der Waals surface area contributed by atoms with Gasteiger partial charge in [-0.1, -0.05) is 0 Å². The molecule has 4 N–H and O–H groups in total. The Balaban J connectivity index is 1.45. The largest absolute Gasteiger partial charge is 0.491 e. The molecule has 2 heterocycles. The number of nitrogen functional groups attached to an aromatic ring is 1. The van der Waals surface area contributed by atoms with E-state index in [1.54, 1.807) is 18.2 Å². The van der Waals surface area contributed by atoms with E-state index < -0.39 is 6.10 Å². The molecule has 1 aromatic heterocycles. The number of hydrogen-bond donors (Lipinski definition) is 3. The van der Waals surface area contributed by atoms with Crippen LogP contribution in [-0.4, -0.2) is 48.2 Å². The SMILES string of the molecule is COc1ncnc(N)c1CNC[C@@H](O)COc1ccc2c(c1)OCO2. The van der Waals surface area contributed by atoms with Gasteiger partial charge in [-0.3, -0.25) is 0 Å². The average Bonchev–Trinajstić information content (AvgIpc) is 3.09. The van der Waals surface area contributed by atoms with Crippen LogP contribution in [0.3, 0.4) is 0 Å². The Morgan fingerprint density at radius 2 is 2.16 bits per heavy atom. The number of nitrogens with zero attached hydrogens (tertiary/aromatic N) is 2. The van der Waals surface area contributed by atoms with E-state index >= 15 is 0 Å². The Bertz CT molecular complexity index is 728. The van der Waals surface area contributed by atoms with Gasteiger partial charge in [0, 0.05) is 19.2 Å². The minimum absolute atomic E-state index is 0.130. The van der Waals surface area contributed by atoms with Crippen LogP contribution in [-0.2, 0) is 6.54 Å². The van der Waals surface area contributed by atoms with Gasteiger partial charge in [-0.05, 0) is 12.1 Å².